The molecule has 0 rings (SSSR count). The van der Waals surface area contributed by atoms with Crippen LogP contribution in [0.1, 0.15) is 65.2 Å². The van der Waals surface area contributed by atoms with E-state index in [-0.39, 0.29) is 0 Å². The number of carbonyl (C=O) groups is 2. The molecule has 0 aliphatic heterocycles. The molecule has 0 unspecified atom stereocenters. The van der Waals surface area contributed by atoms with Gasteiger partial charge in [-0.1, -0.05) is 39.5 Å². The molecular weight excluding hydrogens is 208 g/mol. The Morgan fingerprint density at radius 3 is 1.44 bits per heavy atom. The van der Waals surface area contributed by atoms with Gasteiger partial charge in [0, 0.05) is 0 Å². The Hall–Kier alpha value is -1.06. The average Bonchev–Trinajstić information content (AvgIpc) is 2.27. The highest BCUT2D eigenvalue weighted by Gasteiger charge is 2.08. The molecule has 0 aromatic heterocycles. The molecule has 0 radical (unpaired) electrons. The van der Waals surface area contributed by atoms with Gasteiger partial charge in [0.2, 0.25) is 0 Å². The van der Waals surface area contributed by atoms with E-state index < -0.39 is 11.9 Å². The molecule has 0 spiro atoms. The molecular formula is C12H22O4. The first-order valence-electron chi connectivity index (χ1n) is 6.10. The standard InChI is InChI=1S/C12H22O4/c1-3-5-7-9-11(13)15-16-12(14)10-8-6-4-2/h3-10H2,1-2H3. The van der Waals surface area contributed by atoms with E-state index in [2.05, 4.69) is 23.6 Å². The van der Waals surface area contributed by atoms with E-state index in [0.29, 0.717) is 12.8 Å². The largest absolute Gasteiger partial charge is 0.355 e. The molecule has 0 fully saturated rings. The number of hydrogen-bond acceptors (Lipinski definition) is 4. The normalized spacial score (nSPS) is 9.88. The van der Waals surface area contributed by atoms with Crippen molar-refractivity contribution in [3.8, 4) is 0 Å². The molecule has 0 amide bonds. The van der Waals surface area contributed by atoms with Crippen molar-refractivity contribution in [2.75, 3.05) is 0 Å². The lowest BCUT2D eigenvalue weighted by Gasteiger charge is -2.02. The topological polar surface area (TPSA) is 52.6 Å². The van der Waals surface area contributed by atoms with Crippen LogP contribution < -0.4 is 0 Å². The van der Waals surface area contributed by atoms with Crippen LogP contribution in [0.3, 0.4) is 0 Å². The van der Waals surface area contributed by atoms with E-state index in [1.165, 1.54) is 0 Å². The lowest BCUT2D eigenvalue weighted by Crippen LogP contribution is -2.10. The Bertz CT molecular complexity index is 179. The first kappa shape index (κ1) is 14.9. The number of unbranched alkanes of at least 4 members (excludes halogenated alkanes) is 4. The third kappa shape index (κ3) is 9.49. The molecule has 0 aromatic rings. The van der Waals surface area contributed by atoms with Crippen molar-refractivity contribution in [2.24, 2.45) is 0 Å². The summed E-state index contributed by atoms with van der Waals surface area (Å²) in [6.07, 6.45) is 6.25. The van der Waals surface area contributed by atoms with Gasteiger partial charge in [-0.2, -0.15) is 0 Å². The monoisotopic (exact) mass is 230 g/mol. The second kappa shape index (κ2) is 10.5. The van der Waals surface area contributed by atoms with Crippen LogP contribution in [0.25, 0.3) is 0 Å². The number of carbonyl (C=O) groups excluding carboxylic acids is 2. The van der Waals surface area contributed by atoms with E-state index in [1.54, 1.807) is 0 Å². The molecule has 0 saturated carbocycles. The van der Waals surface area contributed by atoms with Gasteiger partial charge < -0.3 is 0 Å². The molecule has 0 heterocycles. The highest BCUT2D eigenvalue weighted by Crippen LogP contribution is 2.03. The summed E-state index contributed by atoms with van der Waals surface area (Å²) in [5, 5.41) is 0. The van der Waals surface area contributed by atoms with Crippen LogP contribution in [0.2, 0.25) is 0 Å². The van der Waals surface area contributed by atoms with Gasteiger partial charge in [-0.25, -0.2) is 19.4 Å². The predicted molar refractivity (Wildman–Crippen MR) is 60.5 cm³/mol. The Balaban J connectivity index is 3.40. The van der Waals surface area contributed by atoms with Crippen LogP contribution >= 0.6 is 0 Å². The van der Waals surface area contributed by atoms with Crippen molar-refractivity contribution in [3.63, 3.8) is 0 Å². The molecule has 0 bridgehead atoms. The van der Waals surface area contributed by atoms with Gasteiger partial charge in [0.25, 0.3) is 0 Å². The lowest BCUT2D eigenvalue weighted by molar-refractivity contribution is -0.259. The highest BCUT2D eigenvalue weighted by atomic mass is 17.2. The fourth-order valence-corrected chi connectivity index (χ4v) is 1.21. The summed E-state index contributed by atoms with van der Waals surface area (Å²) >= 11 is 0. The Morgan fingerprint density at radius 1 is 0.750 bits per heavy atom. The van der Waals surface area contributed by atoms with Gasteiger partial charge in [-0.15, -0.1) is 0 Å². The Labute approximate surface area is 97.2 Å². The summed E-state index contributed by atoms with van der Waals surface area (Å²) in [6.45, 7) is 4.11. The SMILES string of the molecule is CCCCCC(=O)OOC(=O)CCCCC. The Morgan fingerprint density at radius 2 is 1.12 bits per heavy atom. The van der Waals surface area contributed by atoms with E-state index in [1.807, 2.05) is 0 Å². The van der Waals surface area contributed by atoms with Gasteiger partial charge in [0.15, 0.2) is 0 Å². The minimum Gasteiger partial charge on any atom is -0.247 e. The minimum atomic E-state index is -0.461. The second-order valence-corrected chi connectivity index (χ2v) is 3.82. The maximum Gasteiger partial charge on any atom is 0.355 e. The summed E-state index contributed by atoms with van der Waals surface area (Å²) in [7, 11) is 0. The summed E-state index contributed by atoms with van der Waals surface area (Å²) in [4.78, 5) is 30.9. The molecule has 0 aromatic carbocycles. The third-order valence-electron chi connectivity index (χ3n) is 2.20. The van der Waals surface area contributed by atoms with Gasteiger partial charge in [0.1, 0.15) is 0 Å². The van der Waals surface area contributed by atoms with Gasteiger partial charge >= 0.3 is 11.9 Å². The van der Waals surface area contributed by atoms with E-state index in [9.17, 15) is 9.59 Å². The van der Waals surface area contributed by atoms with E-state index >= 15 is 0 Å². The zero-order valence-electron chi connectivity index (χ0n) is 10.3. The van der Waals surface area contributed by atoms with Crippen LogP contribution in [0, 0.1) is 0 Å². The Kier molecular flexibility index (Phi) is 9.76. The first-order valence-corrected chi connectivity index (χ1v) is 6.10. The summed E-state index contributed by atoms with van der Waals surface area (Å²) in [5.74, 6) is -0.922. The van der Waals surface area contributed by atoms with E-state index in [0.717, 1.165) is 38.5 Å². The quantitative estimate of drug-likeness (QED) is 0.365. The maximum absolute atomic E-state index is 11.1. The molecule has 4 nitrogen and oxygen atoms in total. The van der Waals surface area contributed by atoms with E-state index in [4.69, 9.17) is 0 Å². The van der Waals surface area contributed by atoms with Crippen molar-refractivity contribution >= 4 is 11.9 Å². The lowest BCUT2D eigenvalue weighted by atomic mass is 10.2. The van der Waals surface area contributed by atoms with Crippen molar-refractivity contribution in [2.45, 2.75) is 65.2 Å². The average molecular weight is 230 g/mol. The molecule has 0 aliphatic carbocycles. The van der Waals surface area contributed by atoms with Crippen molar-refractivity contribution in [1.82, 2.24) is 0 Å². The van der Waals surface area contributed by atoms with Gasteiger partial charge in [-0.3, -0.25) is 0 Å². The van der Waals surface area contributed by atoms with Crippen LogP contribution in [0.15, 0.2) is 0 Å². The molecule has 4 heteroatoms. The summed E-state index contributed by atoms with van der Waals surface area (Å²) in [6, 6.07) is 0. The fraction of sp³-hybridized carbons (Fsp3) is 0.833. The molecule has 0 aliphatic rings. The number of hydrogen-bond donors (Lipinski definition) is 0. The summed E-state index contributed by atoms with van der Waals surface area (Å²) < 4.78 is 0. The molecule has 16 heavy (non-hydrogen) atoms. The van der Waals surface area contributed by atoms with Gasteiger partial charge in [-0.05, 0) is 12.8 Å². The van der Waals surface area contributed by atoms with Gasteiger partial charge in [0.05, 0.1) is 12.8 Å². The van der Waals surface area contributed by atoms with Crippen LogP contribution in [-0.4, -0.2) is 11.9 Å². The smallest absolute Gasteiger partial charge is 0.247 e. The molecule has 0 N–H and O–H groups in total. The van der Waals surface area contributed by atoms with Crippen LogP contribution in [-0.2, 0) is 19.4 Å². The molecule has 0 saturated heterocycles. The number of rotatable bonds is 8. The maximum atomic E-state index is 11.1. The fourth-order valence-electron chi connectivity index (χ4n) is 1.21. The molecule has 94 valence electrons. The van der Waals surface area contributed by atoms with Crippen LogP contribution in [0.4, 0.5) is 0 Å². The molecule has 0 atom stereocenters. The highest BCUT2D eigenvalue weighted by molar-refractivity contribution is 5.72. The van der Waals surface area contributed by atoms with Crippen LogP contribution in [0.5, 0.6) is 0 Å². The summed E-state index contributed by atoms with van der Waals surface area (Å²) in [5.41, 5.74) is 0. The van der Waals surface area contributed by atoms with Crippen molar-refractivity contribution < 1.29 is 19.4 Å². The van der Waals surface area contributed by atoms with Crippen molar-refractivity contribution in [3.05, 3.63) is 0 Å². The second-order valence-electron chi connectivity index (χ2n) is 3.82. The zero-order valence-corrected chi connectivity index (χ0v) is 10.3. The first-order chi connectivity index (χ1) is 7.70. The predicted octanol–water partition coefficient (Wildman–Crippen LogP) is 3.15. The minimum absolute atomic E-state index is 0.316. The third-order valence-corrected chi connectivity index (χ3v) is 2.20. The zero-order chi connectivity index (χ0) is 12.2. The van der Waals surface area contributed by atoms with Crippen molar-refractivity contribution in [1.29, 1.82) is 0 Å².